The molecule has 4 nitrogen and oxygen atoms in total. The molecule has 0 aliphatic carbocycles. The Bertz CT molecular complexity index is 942. The third-order valence-electron chi connectivity index (χ3n) is 5.75. The van der Waals surface area contributed by atoms with Crippen molar-refractivity contribution in [3.63, 3.8) is 0 Å². The third-order valence-corrected chi connectivity index (χ3v) is 6.46. The lowest BCUT2D eigenvalue weighted by atomic mass is 9.95. The van der Waals surface area contributed by atoms with Crippen LogP contribution in [0.1, 0.15) is 25.8 Å². The topological polar surface area (TPSA) is 41.6 Å². The van der Waals surface area contributed by atoms with Gasteiger partial charge in [-0.05, 0) is 31.4 Å². The van der Waals surface area contributed by atoms with Gasteiger partial charge in [-0.15, -0.1) is 0 Å². The molecule has 1 N–H and O–H groups in total. The highest BCUT2D eigenvalue weighted by atomic mass is 32.2. The van der Waals surface area contributed by atoms with Crippen LogP contribution in [0.4, 0.5) is 17.6 Å². The van der Waals surface area contributed by atoms with Gasteiger partial charge in [0, 0.05) is 23.5 Å². The summed E-state index contributed by atoms with van der Waals surface area (Å²) in [5, 5.41) is 0. The second-order valence-corrected chi connectivity index (χ2v) is 9.17. The molecule has 2 fully saturated rings. The summed E-state index contributed by atoms with van der Waals surface area (Å²) in [6.45, 7) is 4.16. The molecule has 2 saturated heterocycles. The lowest BCUT2D eigenvalue weighted by Gasteiger charge is -2.26. The number of carbonyl (C=O) groups is 1. The molecule has 2 aliphatic rings. The molecule has 0 spiro atoms. The number of nitrogens with one attached hydrogen (secondary N) is 1. The number of nitrogens with zero attached hydrogens (tertiary/aromatic N) is 1. The zero-order chi connectivity index (χ0) is 24.0. The summed E-state index contributed by atoms with van der Waals surface area (Å²) in [6, 6.07) is 8.04. The van der Waals surface area contributed by atoms with Crippen LogP contribution < -0.4 is 4.72 Å². The Hall–Kier alpha value is -2.10. The number of carbonyl (C=O) groups excluding carboxylic acids is 1. The van der Waals surface area contributed by atoms with E-state index in [1.165, 1.54) is 36.8 Å². The Morgan fingerprint density at radius 3 is 2.42 bits per heavy atom. The van der Waals surface area contributed by atoms with E-state index >= 15 is 4.39 Å². The summed E-state index contributed by atoms with van der Waals surface area (Å²) in [5.74, 6) is -3.81. The number of rotatable bonds is 7. The quantitative estimate of drug-likeness (QED) is 0.339. The van der Waals surface area contributed by atoms with Crippen LogP contribution in [0, 0.1) is 11.6 Å². The summed E-state index contributed by atoms with van der Waals surface area (Å²) < 4.78 is 65.6. The summed E-state index contributed by atoms with van der Waals surface area (Å²) in [5.41, 5.74) is 0.316. The van der Waals surface area contributed by atoms with Gasteiger partial charge in [-0.25, -0.2) is 17.6 Å². The normalized spacial score (nSPS) is 23.5. The van der Waals surface area contributed by atoms with Crippen LogP contribution in [-0.4, -0.2) is 54.3 Å². The van der Waals surface area contributed by atoms with Crippen LogP contribution in [0.3, 0.4) is 0 Å². The molecule has 1 amide bonds. The molecule has 2 aromatic carbocycles. The van der Waals surface area contributed by atoms with Gasteiger partial charge in [0.15, 0.2) is 0 Å². The van der Waals surface area contributed by atoms with Gasteiger partial charge in [-0.1, -0.05) is 55.3 Å². The Balaban J connectivity index is 0.000000541. The van der Waals surface area contributed by atoms with Crippen LogP contribution in [0.2, 0.25) is 0 Å². The highest BCUT2D eigenvalue weighted by Crippen LogP contribution is 2.36. The number of hydrogen-bond donors (Lipinski definition) is 1. The van der Waals surface area contributed by atoms with Crippen molar-refractivity contribution >= 4 is 18.4 Å². The van der Waals surface area contributed by atoms with Gasteiger partial charge >= 0.3 is 0 Å². The fourth-order valence-electron chi connectivity index (χ4n) is 3.82. The van der Waals surface area contributed by atoms with Crippen molar-refractivity contribution < 1.29 is 27.1 Å². The number of benzene rings is 2. The SMILES string of the molecule is CC1CCO1.CCSNC1C(Cc2cccc(-c3ccccc3F)c2F)N(C=O)CC1(F)F. The van der Waals surface area contributed by atoms with Crippen molar-refractivity contribution in [2.24, 2.45) is 0 Å². The van der Waals surface area contributed by atoms with Crippen molar-refractivity contribution in [3.05, 3.63) is 59.7 Å². The monoisotopic (exact) mass is 484 g/mol. The molecule has 0 saturated carbocycles. The van der Waals surface area contributed by atoms with Crippen molar-refractivity contribution in [1.29, 1.82) is 0 Å². The fraction of sp³-hybridized carbons (Fsp3) is 0.458. The van der Waals surface area contributed by atoms with Gasteiger partial charge < -0.3 is 9.64 Å². The Kier molecular flexibility index (Phi) is 8.78. The smallest absolute Gasteiger partial charge is 0.283 e. The van der Waals surface area contributed by atoms with Crippen molar-refractivity contribution in [3.8, 4) is 11.1 Å². The second kappa shape index (κ2) is 11.4. The number of halogens is 4. The summed E-state index contributed by atoms with van der Waals surface area (Å²) in [6.07, 6.45) is 2.09. The van der Waals surface area contributed by atoms with Gasteiger partial charge in [-0.3, -0.25) is 9.52 Å². The largest absolute Gasteiger partial charge is 0.378 e. The number of amides is 1. The van der Waals surface area contributed by atoms with E-state index in [1.54, 1.807) is 12.1 Å². The van der Waals surface area contributed by atoms with Crippen LogP contribution in [-0.2, 0) is 16.0 Å². The lowest BCUT2D eigenvalue weighted by Crippen LogP contribution is -2.47. The zero-order valence-corrected chi connectivity index (χ0v) is 19.4. The molecule has 2 heterocycles. The molecule has 33 heavy (non-hydrogen) atoms. The van der Waals surface area contributed by atoms with Gasteiger partial charge in [-0.2, -0.15) is 0 Å². The zero-order valence-electron chi connectivity index (χ0n) is 18.6. The lowest BCUT2D eigenvalue weighted by molar-refractivity contribution is -0.120. The van der Waals surface area contributed by atoms with Gasteiger partial charge in [0.25, 0.3) is 5.92 Å². The first-order chi connectivity index (χ1) is 15.8. The molecule has 0 radical (unpaired) electrons. The molecular weight excluding hydrogens is 456 g/mol. The molecule has 9 heteroatoms. The third kappa shape index (κ3) is 6.07. The average molecular weight is 485 g/mol. The molecule has 0 bridgehead atoms. The number of ether oxygens (including phenoxy) is 1. The summed E-state index contributed by atoms with van der Waals surface area (Å²) >= 11 is 1.12. The van der Waals surface area contributed by atoms with Crippen LogP contribution in [0.5, 0.6) is 0 Å². The maximum Gasteiger partial charge on any atom is 0.283 e. The van der Waals surface area contributed by atoms with E-state index in [-0.39, 0.29) is 23.1 Å². The minimum absolute atomic E-state index is 0.0606. The molecule has 0 aromatic heterocycles. The first-order valence-electron chi connectivity index (χ1n) is 10.9. The fourth-order valence-corrected chi connectivity index (χ4v) is 4.50. The maximum absolute atomic E-state index is 15.1. The van der Waals surface area contributed by atoms with Gasteiger partial charge in [0.2, 0.25) is 6.41 Å². The van der Waals surface area contributed by atoms with Crippen molar-refractivity contribution in [2.45, 2.75) is 50.8 Å². The predicted molar refractivity (Wildman–Crippen MR) is 122 cm³/mol. The molecule has 180 valence electrons. The van der Waals surface area contributed by atoms with E-state index in [9.17, 15) is 18.0 Å². The minimum Gasteiger partial charge on any atom is -0.378 e. The molecule has 2 aliphatic heterocycles. The van der Waals surface area contributed by atoms with E-state index in [0.29, 0.717) is 18.3 Å². The first-order valence-corrected chi connectivity index (χ1v) is 11.9. The number of hydrogen-bond acceptors (Lipinski definition) is 4. The Morgan fingerprint density at radius 1 is 1.18 bits per heavy atom. The van der Waals surface area contributed by atoms with Crippen LogP contribution >= 0.6 is 11.9 Å². The Morgan fingerprint density at radius 2 is 1.85 bits per heavy atom. The minimum atomic E-state index is -3.13. The van der Waals surface area contributed by atoms with Crippen molar-refractivity contribution in [2.75, 3.05) is 18.9 Å². The van der Waals surface area contributed by atoms with E-state index in [2.05, 4.69) is 11.6 Å². The van der Waals surface area contributed by atoms with E-state index in [0.717, 1.165) is 23.5 Å². The first kappa shape index (κ1) is 25.5. The van der Waals surface area contributed by atoms with E-state index in [1.807, 2.05) is 6.92 Å². The average Bonchev–Trinajstić information content (AvgIpc) is 3.02. The standard InChI is InChI=1S/C20H20F4N2OS.C4H8O/c1-2-28-25-19-17(26(12-27)11-20(19,23)24)10-13-6-5-8-15(18(13)22)14-7-3-4-9-16(14)21;1-4-2-3-5-4/h3-9,12,17,19,25H,2,10-11H2,1H3;4H,2-3H2,1H3. The van der Waals surface area contributed by atoms with Gasteiger partial charge in [0.1, 0.15) is 17.7 Å². The van der Waals surface area contributed by atoms with Crippen molar-refractivity contribution in [1.82, 2.24) is 9.62 Å². The predicted octanol–water partition coefficient (Wildman–Crippen LogP) is 5.07. The van der Waals surface area contributed by atoms with Crippen LogP contribution in [0.15, 0.2) is 42.5 Å². The molecule has 3 unspecified atom stereocenters. The van der Waals surface area contributed by atoms with E-state index in [4.69, 9.17) is 4.74 Å². The number of likely N-dealkylation sites (tertiary alicyclic amines) is 1. The molecule has 4 rings (SSSR count). The molecule has 3 atom stereocenters. The summed E-state index contributed by atoms with van der Waals surface area (Å²) in [4.78, 5) is 12.4. The molecular formula is C24H28F4N2O2S. The second-order valence-electron chi connectivity index (χ2n) is 8.07. The Labute approximate surface area is 195 Å². The van der Waals surface area contributed by atoms with E-state index < -0.39 is 36.2 Å². The highest BCUT2D eigenvalue weighted by Gasteiger charge is 2.54. The summed E-state index contributed by atoms with van der Waals surface area (Å²) in [7, 11) is 0. The number of alkyl halides is 2. The van der Waals surface area contributed by atoms with Crippen LogP contribution in [0.25, 0.3) is 11.1 Å². The maximum atomic E-state index is 15.1. The highest BCUT2D eigenvalue weighted by molar-refractivity contribution is 7.97. The van der Waals surface area contributed by atoms with Gasteiger partial charge in [0.05, 0.1) is 18.7 Å². The molecule has 2 aromatic rings.